The largest absolute Gasteiger partial charge is 0.465 e. The minimum Gasteiger partial charge on any atom is -0.465 e. The third-order valence-corrected chi connectivity index (χ3v) is 4.85. The molecule has 126 valence electrons. The van der Waals surface area contributed by atoms with Crippen LogP contribution in [0.4, 0.5) is 4.79 Å². The number of piperidine rings is 1. The molecule has 24 heavy (non-hydrogen) atoms. The first-order chi connectivity index (χ1) is 11.6. The van der Waals surface area contributed by atoms with Gasteiger partial charge in [-0.2, -0.15) is 0 Å². The van der Waals surface area contributed by atoms with Crippen molar-refractivity contribution in [3.63, 3.8) is 0 Å². The van der Waals surface area contributed by atoms with Crippen LogP contribution in [0.5, 0.6) is 0 Å². The summed E-state index contributed by atoms with van der Waals surface area (Å²) >= 11 is 0.854. The number of imide groups is 1. The Labute approximate surface area is 144 Å². The second-order valence-electron chi connectivity index (χ2n) is 5.61. The lowest BCUT2D eigenvalue weighted by Gasteiger charge is -2.27. The monoisotopic (exact) mass is 346 g/mol. The van der Waals surface area contributed by atoms with Crippen LogP contribution in [0.25, 0.3) is 6.08 Å². The summed E-state index contributed by atoms with van der Waals surface area (Å²) in [6.45, 7) is 1.23. The molecule has 1 aromatic rings. The van der Waals surface area contributed by atoms with Gasteiger partial charge in [0.2, 0.25) is 5.91 Å². The maximum Gasteiger partial charge on any atom is 0.294 e. The summed E-state index contributed by atoms with van der Waals surface area (Å²) in [5.74, 6) is 0.0783. The number of carbonyl (C=O) groups is 3. The van der Waals surface area contributed by atoms with Crippen LogP contribution < -0.4 is 0 Å². The maximum absolute atomic E-state index is 12.3. The summed E-state index contributed by atoms with van der Waals surface area (Å²) in [6, 6.07) is 3.55. The van der Waals surface area contributed by atoms with E-state index in [9.17, 15) is 14.4 Å². The fourth-order valence-corrected chi connectivity index (χ4v) is 3.44. The van der Waals surface area contributed by atoms with E-state index in [0.717, 1.165) is 35.9 Å². The summed E-state index contributed by atoms with van der Waals surface area (Å²) < 4.78 is 5.15. The Morgan fingerprint density at radius 1 is 1.25 bits per heavy atom. The van der Waals surface area contributed by atoms with Crippen LogP contribution in [-0.4, -0.2) is 46.5 Å². The minimum atomic E-state index is -0.417. The molecule has 6 nitrogen and oxygen atoms in total. The molecule has 0 unspecified atom stereocenters. The zero-order chi connectivity index (χ0) is 16.9. The maximum atomic E-state index is 12.3. The standard InChI is InChI=1S/C17H18N2O4S/c20-15(18-9-2-1-3-10-18)12-19-16(21)14(24-17(19)22)8-4-6-13-7-5-11-23-13/h4-8,11H,1-3,9-10,12H2/b6-4+,14-8-. The molecule has 7 heteroatoms. The molecule has 2 aliphatic rings. The third kappa shape index (κ3) is 3.79. The Balaban J connectivity index is 1.62. The predicted molar refractivity (Wildman–Crippen MR) is 91.0 cm³/mol. The first kappa shape index (κ1) is 16.6. The summed E-state index contributed by atoms with van der Waals surface area (Å²) in [7, 11) is 0. The highest BCUT2D eigenvalue weighted by molar-refractivity contribution is 8.18. The molecule has 0 saturated carbocycles. The van der Waals surface area contributed by atoms with Crippen LogP contribution in [0.2, 0.25) is 0 Å². The molecule has 0 bridgehead atoms. The molecule has 0 radical (unpaired) electrons. The zero-order valence-corrected chi connectivity index (χ0v) is 14.0. The van der Waals surface area contributed by atoms with Gasteiger partial charge in [-0.25, -0.2) is 0 Å². The summed E-state index contributed by atoms with van der Waals surface area (Å²) in [6.07, 6.45) is 9.56. The van der Waals surface area contributed by atoms with E-state index >= 15 is 0 Å². The molecule has 1 aromatic heterocycles. The van der Waals surface area contributed by atoms with Gasteiger partial charge in [-0.3, -0.25) is 19.3 Å². The number of hydrogen-bond acceptors (Lipinski definition) is 5. The summed E-state index contributed by atoms with van der Waals surface area (Å²) in [5.41, 5.74) is 0. The average molecular weight is 346 g/mol. The van der Waals surface area contributed by atoms with Crippen LogP contribution in [0, 0.1) is 0 Å². The van der Waals surface area contributed by atoms with E-state index in [1.54, 1.807) is 41.5 Å². The molecule has 0 atom stereocenters. The summed E-state index contributed by atoms with van der Waals surface area (Å²) in [4.78, 5) is 39.6. The lowest BCUT2D eigenvalue weighted by atomic mass is 10.1. The summed E-state index contributed by atoms with van der Waals surface area (Å²) in [5, 5.41) is -0.400. The molecule has 3 amide bonds. The molecule has 2 fully saturated rings. The van der Waals surface area contributed by atoms with Crippen molar-refractivity contribution >= 4 is 34.9 Å². The van der Waals surface area contributed by atoms with Crippen molar-refractivity contribution < 1.29 is 18.8 Å². The molecule has 0 spiro atoms. The zero-order valence-electron chi connectivity index (χ0n) is 13.1. The average Bonchev–Trinajstić information content (AvgIpc) is 3.20. The van der Waals surface area contributed by atoms with Crippen molar-refractivity contribution in [3.8, 4) is 0 Å². The van der Waals surface area contributed by atoms with Crippen LogP contribution >= 0.6 is 11.8 Å². The first-order valence-corrected chi connectivity index (χ1v) is 8.70. The number of rotatable bonds is 4. The fraction of sp³-hybridized carbons (Fsp3) is 0.353. The Morgan fingerprint density at radius 2 is 2.04 bits per heavy atom. The van der Waals surface area contributed by atoms with Gasteiger partial charge in [0.25, 0.3) is 11.1 Å². The quantitative estimate of drug-likeness (QED) is 0.784. The van der Waals surface area contributed by atoms with Crippen LogP contribution in [0.1, 0.15) is 25.0 Å². The second kappa shape index (κ2) is 7.53. The normalized spacial score (nSPS) is 20.6. The van der Waals surface area contributed by atoms with Gasteiger partial charge in [0.1, 0.15) is 12.3 Å². The second-order valence-corrected chi connectivity index (χ2v) is 6.60. The molecule has 0 N–H and O–H groups in total. The van der Waals surface area contributed by atoms with Gasteiger partial charge in [-0.15, -0.1) is 0 Å². The van der Waals surface area contributed by atoms with Gasteiger partial charge in [-0.1, -0.05) is 6.08 Å². The highest BCUT2D eigenvalue weighted by atomic mass is 32.2. The van der Waals surface area contributed by atoms with Crippen molar-refractivity contribution in [2.24, 2.45) is 0 Å². The van der Waals surface area contributed by atoms with Crippen molar-refractivity contribution in [3.05, 3.63) is 41.2 Å². The highest BCUT2D eigenvalue weighted by Crippen LogP contribution is 2.30. The number of likely N-dealkylation sites (tertiary alicyclic amines) is 1. The number of thioether (sulfide) groups is 1. The minimum absolute atomic E-state index is 0.163. The van der Waals surface area contributed by atoms with Gasteiger partial charge in [0.15, 0.2) is 0 Å². The van der Waals surface area contributed by atoms with Crippen LogP contribution in [0.15, 0.2) is 39.9 Å². The molecule has 3 heterocycles. The number of nitrogens with zero attached hydrogens (tertiary/aromatic N) is 2. The highest BCUT2D eigenvalue weighted by Gasteiger charge is 2.36. The number of amides is 3. The smallest absolute Gasteiger partial charge is 0.294 e. The van der Waals surface area contributed by atoms with Crippen LogP contribution in [0.3, 0.4) is 0 Å². The molecular formula is C17H18N2O4S. The van der Waals surface area contributed by atoms with Crippen LogP contribution in [-0.2, 0) is 9.59 Å². The molecule has 0 aromatic carbocycles. The van der Waals surface area contributed by atoms with E-state index in [0.29, 0.717) is 23.8 Å². The Morgan fingerprint density at radius 3 is 2.75 bits per heavy atom. The van der Waals surface area contributed by atoms with Gasteiger partial charge < -0.3 is 9.32 Å². The number of hydrogen-bond donors (Lipinski definition) is 0. The Bertz CT molecular complexity index is 687. The topological polar surface area (TPSA) is 70.8 Å². The van der Waals surface area contributed by atoms with E-state index in [-0.39, 0.29) is 12.5 Å². The molecular weight excluding hydrogens is 328 g/mol. The van der Waals surface area contributed by atoms with E-state index in [1.807, 2.05) is 0 Å². The van der Waals surface area contributed by atoms with Crippen molar-refractivity contribution in [1.29, 1.82) is 0 Å². The van der Waals surface area contributed by atoms with Gasteiger partial charge >= 0.3 is 0 Å². The molecule has 2 saturated heterocycles. The van der Waals surface area contributed by atoms with Crippen molar-refractivity contribution in [2.75, 3.05) is 19.6 Å². The van der Waals surface area contributed by atoms with E-state index in [4.69, 9.17) is 4.42 Å². The number of allylic oxidation sites excluding steroid dienone is 2. The fourth-order valence-electron chi connectivity index (χ4n) is 2.65. The molecule has 3 rings (SSSR count). The number of furan rings is 1. The molecule has 2 aliphatic heterocycles. The van der Waals surface area contributed by atoms with Gasteiger partial charge in [0.05, 0.1) is 11.2 Å². The number of carbonyl (C=O) groups excluding carboxylic acids is 3. The van der Waals surface area contributed by atoms with Crippen molar-refractivity contribution in [2.45, 2.75) is 19.3 Å². The molecule has 0 aliphatic carbocycles. The SMILES string of the molecule is O=C(CN1C(=O)S/C(=C\C=C\c2ccco2)C1=O)N1CCCCC1. The van der Waals surface area contributed by atoms with Gasteiger partial charge in [0, 0.05) is 13.1 Å². The van der Waals surface area contributed by atoms with Crippen molar-refractivity contribution in [1.82, 2.24) is 9.80 Å². The lowest BCUT2D eigenvalue weighted by molar-refractivity contribution is -0.136. The third-order valence-electron chi connectivity index (χ3n) is 3.93. The van der Waals surface area contributed by atoms with E-state index in [1.165, 1.54) is 0 Å². The Kier molecular flexibility index (Phi) is 5.20. The Hall–Kier alpha value is -2.28. The van der Waals surface area contributed by atoms with Gasteiger partial charge in [-0.05, 0) is 55.3 Å². The van der Waals surface area contributed by atoms with E-state index in [2.05, 4.69) is 0 Å². The van der Waals surface area contributed by atoms with E-state index < -0.39 is 11.1 Å². The lowest BCUT2D eigenvalue weighted by Crippen LogP contribution is -2.44. The predicted octanol–water partition coefficient (Wildman–Crippen LogP) is 2.88. The first-order valence-electron chi connectivity index (χ1n) is 7.88.